The van der Waals surface area contributed by atoms with Gasteiger partial charge in [-0.3, -0.25) is 0 Å². The number of ether oxygens (including phenoxy) is 1. The van der Waals surface area contributed by atoms with Gasteiger partial charge < -0.3 is 9.84 Å². The molecule has 0 heterocycles. The molecule has 0 radical (unpaired) electrons. The molecular formula is C18H20O2. The van der Waals surface area contributed by atoms with Gasteiger partial charge in [-0.15, -0.1) is 0 Å². The highest BCUT2D eigenvalue weighted by molar-refractivity contribution is 5.45. The maximum Gasteiger partial charge on any atom is 0.125 e. The van der Waals surface area contributed by atoms with Crippen LogP contribution in [0.2, 0.25) is 0 Å². The Kier molecular flexibility index (Phi) is 3.27. The number of rotatable bonds is 3. The fourth-order valence-electron chi connectivity index (χ4n) is 2.99. The van der Waals surface area contributed by atoms with Crippen molar-refractivity contribution in [1.82, 2.24) is 0 Å². The van der Waals surface area contributed by atoms with Gasteiger partial charge in [0.1, 0.15) is 11.4 Å². The SMILES string of the molecule is CC(C)Oc1ccccc1C1(O)Cc2ccccc2C1. The van der Waals surface area contributed by atoms with Gasteiger partial charge >= 0.3 is 0 Å². The lowest BCUT2D eigenvalue weighted by atomic mass is 9.90. The van der Waals surface area contributed by atoms with E-state index < -0.39 is 5.60 Å². The van der Waals surface area contributed by atoms with Gasteiger partial charge in [0.25, 0.3) is 0 Å². The highest BCUT2D eigenvalue weighted by atomic mass is 16.5. The van der Waals surface area contributed by atoms with Crippen LogP contribution in [-0.4, -0.2) is 11.2 Å². The fraction of sp³-hybridized carbons (Fsp3) is 0.333. The molecule has 0 atom stereocenters. The van der Waals surface area contributed by atoms with E-state index in [1.807, 2.05) is 50.2 Å². The molecule has 0 saturated carbocycles. The lowest BCUT2D eigenvalue weighted by Crippen LogP contribution is -2.27. The Morgan fingerprint density at radius 2 is 1.50 bits per heavy atom. The first-order valence-electron chi connectivity index (χ1n) is 7.14. The van der Waals surface area contributed by atoms with Crippen molar-refractivity contribution in [3.05, 3.63) is 65.2 Å². The van der Waals surface area contributed by atoms with E-state index in [2.05, 4.69) is 12.1 Å². The summed E-state index contributed by atoms with van der Waals surface area (Å²) < 4.78 is 5.86. The van der Waals surface area contributed by atoms with Gasteiger partial charge in [0.05, 0.1) is 6.10 Å². The van der Waals surface area contributed by atoms with Crippen LogP contribution in [0.4, 0.5) is 0 Å². The van der Waals surface area contributed by atoms with Crippen LogP contribution in [0.15, 0.2) is 48.5 Å². The van der Waals surface area contributed by atoms with Gasteiger partial charge in [0.2, 0.25) is 0 Å². The average molecular weight is 268 g/mol. The lowest BCUT2D eigenvalue weighted by Gasteiger charge is -2.26. The number of hydrogen-bond donors (Lipinski definition) is 1. The predicted molar refractivity (Wildman–Crippen MR) is 80.0 cm³/mol. The smallest absolute Gasteiger partial charge is 0.125 e. The summed E-state index contributed by atoms with van der Waals surface area (Å²) in [5.41, 5.74) is 2.50. The van der Waals surface area contributed by atoms with Crippen molar-refractivity contribution in [2.24, 2.45) is 0 Å². The van der Waals surface area contributed by atoms with Gasteiger partial charge in [0.15, 0.2) is 0 Å². The van der Waals surface area contributed by atoms with Crippen molar-refractivity contribution >= 4 is 0 Å². The van der Waals surface area contributed by atoms with Crippen LogP contribution in [0.1, 0.15) is 30.5 Å². The van der Waals surface area contributed by atoms with Gasteiger partial charge in [-0.25, -0.2) is 0 Å². The highest BCUT2D eigenvalue weighted by Gasteiger charge is 2.38. The Balaban J connectivity index is 1.98. The van der Waals surface area contributed by atoms with Crippen molar-refractivity contribution < 1.29 is 9.84 Å². The topological polar surface area (TPSA) is 29.5 Å². The number of aliphatic hydroxyl groups is 1. The predicted octanol–water partition coefficient (Wildman–Crippen LogP) is 3.46. The summed E-state index contributed by atoms with van der Waals surface area (Å²) in [4.78, 5) is 0. The number of benzene rings is 2. The quantitative estimate of drug-likeness (QED) is 0.923. The zero-order chi connectivity index (χ0) is 14.2. The van der Waals surface area contributed by atoms with E-state index in [1.54, 1.807) is 0 Å². The molecule has 0 saturated heterocycles. The summed E-state index contributed by atoms with van der Waals surface area (Å²) >= 11 is 0. The van der Waals surface area contributed by atoms with Crippen molar-refractivity contribution in [3.8, 4) is 5.75 Å². The second-order valence-electron chi connectivity index (χ2n) is 5.82. The molecule has 0 aliphatic heterocycles. The molecule has 2 nitrogen and oxygen atoms in total. The molecule has 2 aromatic rings. The third-order valence-electron chi connectivity index (χ3n) is 3.84. The maximum atomic E-state index is 11.1. The van der Waals surface area contributed by atoms with Gasteiger partial charge in [-0.05, 0) is 31.0 Å². The largest absolute Gasteiger partial charge is 0.491 e. The Morgan fingerprint density at radius 1 is 0.950 bits per heavy atom. The first-order chi connectivity index (χ1) is 9.58. The minimum atomic E-state index is -0.852. The summed E-state index contributed by atoms with van der Waals surface area (Å²) in [5, 5.41) is 11.1. The van der Waals surface area contributed by atoms with E-state index in [4.69, 9.17) is 4.74 Å². The fourth-order valence-corrected chi connectivity index (χ4v) is 2.99. The summed E-state index contributed by atoms with van der Waals surface area (Å²) in [7, 11) is 0. The van der Waals surface area contributed by atoms with Crippen LogP contribution in [0.5, 0.6) is 5.75 Å². The minimum Gasteiger partial charge on any atom is -0.491 e. The Hall–Kier alpha value is -1.80. The molecule has 1 N–H and O–H groups in total. The third kappa shape index (κ3) is 2.32. The maximum absolute atomic E-state index is 11.1. The Morgan fingerprint density at radius 3 is 2.10 bits per heavy atom. The summed E-state index contributed by atoms with van der Waals surface area (Å²) in [6.07, 6.45) is 1.41. The zero-order valence-corrected chi connectivity index (χ0v) is 12.0. The van der Waals surface area contributed by atoms with Crippen LogP contribution in [0, 0.1) is 0 Å². The van der Waals surface area contributed by atoms with Crippen LogP contribution in [0.25, 0.3) is 0 Å². The highest BCUT2D eigenvalue weighted by Crippen LogP contribution is 2.41. The molecular weight excluding hydrogens is 248 g/mol. The summed E-state index contributed by atoms with van der Waals surface area (Å²) in [5.74, 6) is 0.790. The van der Waals surface area contributed by atoms with Crippen molar-refractivity contribution in [3.63, 3.8) is 0 Å². The molecule has 0 fully saturated rings. The molecule has 0 aromatic heterocycles. The molecule has 0 unspecified atom stereocenters. The molecule has 0 amide bonds. The van der Waals surface area contributed by atoms with E-state index in [1.165, 1.54) is 11.1 Å². The average Bonchev–Trinajstić information content (AvgIpc) is 2.75. The van der Waals surface area contributed by atoms with Crippen LogP contribution >= 0.6 is 0 Å². The van der Waals surface area contributed by atoms with Gasteiger partial charge in [0, 0.05) is 18.4 Å². The first kappa shape index (κ1) is 13.2. The minimum absolute atomic E-state index is 0.100. The van der Waals surface area contributed by atoms with E-state index in [0.717, 1.165) is 11.3 Å². The Bertz CT molecular complexity index is 591. The van der Waals surface area contributed by atoms with E-state index in [9.17, 15) is 5.11 Å². The molecule has 2 aromatic carbocycles. The molecule has 1 aliphatic carbocycles. The van der Waals surface area contributed by atoms with Crippen LogP contribution in [0.3, 0.4) is 0 Å². The monoisotopic (exact) mass is 268 g/mol. The van der Waals surface area contributed by atoms with Gasteiger partial charge in [-0.1, -0.05) is 42.5 Å². The first-order valence-corrected chi connectivity index (χ1v) is 7.14. The van der Waals surface area contributed by atoms with E-state index >= 15 is 0 Å². The van der Waals surface area contributed by atoms with Crippen molar-refractivity contribution in [1.29, 1.82) is 0 Å². The molecule has 0 spiro atoms. The summed E-state index contributed by atoms with van der Waals surface area (Å²) in [6, 6.07) is 16.1. The second-order valence-corrected chi connectivity index (χ2v) is 5.82. The van der Waals surface area contributed by atoms with E-state index in [0.29, 0.717) is 12.8 Å². The summed E-state index contributed by atoms with van der Waals surface area (Å²) in [6.45, 7) is 4.01. The molecule has 104 valence electrons. The zero-order valence-electron chi connectivity index (χ0n) is 12.0. The molecule has 2 heteroatoms. The number of hydrogen-bond acceptors (Lipinski definition) is 2. The third-order valence-corrected chi connectivity index (χ3v) is 3.84. The molecule has 20 heavy (non-hydrogen) atoms. The van der Waals surface area contributed by atoms with Gasteiger partial charge in [-0.2, -0.15) is 0 Å². The normalized spacial score (nSPS) is 16.2. The Labute approximate surface area is 120 Å². The van der Waals surface area contributed by atoms with Crippen molar-refractivity contribution in [2.75, 3.05) is 0 Å². The van der Waals surface area contributed by atoms with Crippen molar-refractivity contribution in [2.45, 2.75) is 38.4 Å². The van der Waals surface area contributed by atoms with E-state index in [-0.39, 0.29) is 6.10 Å². The molecule has 1 aliphatic rings. The number of para-hydroxylation sites is 1. The van der Waals surface area contributed by atoms with Crippen LogP contribution in [-0.2, 0) is 18.4 Å². The van der Waals surface area contributed by atoms with Crippen LogP contribution < -0.4 is 4.74 Å². The number of fused-ring (bicyclic) bond motifs is 1. The standard InChI is InChI=1S/C18H20O2/c1-13(2)20-17-10-6-5-9-16(17)18(19)11-14-7-3-4-8-15(14)12-18/h3-10,13,19H,11-12H2,1-2H3. The lowest BCUT2D eigenvalue weighted by molar-refractivity contribution is 0.0438. The molecule has 0 bridgehead atoms. The second kappa shape index (κ2) is 4.95. The molecule has 3 rings (SSSR count).